The van der Waals surface area contributed by atoms with Crippen molar-refractivity contribution in [2.45, 2.75) is 58.5 Å². The maximum Gasteiger partial charge on any atom is 0.417 e. The molecule has 2 aromatic heterocycles. The van der Waals surface area contributed by atoms with Crippen LogP contribution in [-0.2, 0) is 12.6 Å². The first-order valence-electron chi connectivity index (χ1n) is 12.5. The Morgan fingerprint density at radius 1 is 0.892 bits per heavy atom. The third kappa shape index (κ3) is 6.50. The topological polar surface area (TPSA) is 67.8 Å². The predicted octanol–water partition coefficient (Wildman–Crippen LogP) is 7.78. The molecule has 37 heavy (non-hydrogen) atoms. The summed E-state index contributed by atoms with van der Waals surface area (Å²) in [4.78, 5) is 25.7. The van der Waals surface area contributed by atoms with E-state index in [0.717, 1.165) is 30.9 Å². The van der Waals surface area contributed by atoms with Gasteiger partial charge in [-0.05, 0) is 43.5 Å². The van der Waals surface area contributed by atoms with Crippen LogP contribution < -0.4 is 5.32 Å². The third-order valence-electron chi connectivity index (χ3n) is 6.17. The minimum atomic E-state index is -4.71. The van der Waals surface area contributed by atoms with Crippen LogP contribution in [0.2, 0.25) is 0 Å². The molecule has 2 heterocycles. The van der Waals surface area contributed by atoms with Crippen LogP contribution in [0.3, 0.4) is 0 Å². The van der Waals surface area contributed by atoms with Crippen LogP contribution >= 0.6 is 0 Å². The highest BCUT2D eigenvalue weighted by Gasteiger charge is 2.36. The summed E-state index contributed by atoms with van der Waals surface area (Å²) in [5, 5.41) is 2.23. The zero-order valence-electron chi connectivity index (χ0n) is 20.9. The molecule has 0 saturated carbocycles. The number of carbonyl (C=O) groups is 1. The fraction of sp³-hybridized carbons (Fsp3) is 0.310. The molecule has 0 spiro atoms. The van der Waals surface area contributed by atoms with Crippen LogP contribution in [0.15, 0.2) is 60.7 Å². The van der Waals surface area contributed by atoms with E-state index in [1.807, 2.05) is 12.1 Å². The van der Waals surface area contributed by atoms with Crippen LogP contribution in [0.1, 0.15) is 66.3 Å². The minimum Gasteiger partial charge on any atom is -0.306 e. The van der Waals surface area contributed by atoms with E-state index >= 15 is 0 Å². The lowest BCUT2D eigenvalue weighted by Crippen LogP contribution is -2.16. The van der Waals surface area contributed by atoms with E-state index in [1.54, 1.807) is 49.4 Å². The molecule has 4 aromatic rings. The molecule has 0 aliphatic rings. The molecule has 0 saturated heterocycles. The molecule has 0 atom stereocenters. The van der Waals surface area contributed by atoms with Crippen LogP contribution in [0.4, 0.5) is 19.0 Å². The van der Waals surface area contributed by atoms with Crippen molar-refractivity contribution in [3.63, 3.8) is 0 Å². The SMILES string of the molecule is CCCCCCCc1ccc(C(=O)Nc2nc(C)nc3nc(-c4ccccc4)cc(C(F)(F)F)c23)cc1. The minimum absolute atomic E-state index is 0.130. The first kappa shape index (κ1) is 26.3. The highest BCUT2D eigenvalue weighted by molar-refractivity contribution is 6.08. The van der Waals surface area contributed by atoms with Crippen molar-refractivity contribution in [1.29, 1.82) is 0 Å². The van der Waals surface area contributed by atoms with Crippen molar-refractivity contribution < 1.29 is 18.0 Å². The standard InChI is InChI=1S/C29H29F3N4O/c1-3-4-5-6-8-11-20-14-16-22(17-15-20)28(37)36-27-25-23(29(30,31)32)18-24(21-12-9-7-10-13-21)35-26(25)33-19(2)34-27/h7,9-10,12-18H,3-6,8,11H2,1-2H3,(H,33,34,35,36,37). The second-order valence-electron chi connectivity index (χ2n) is 9.05. The molecule has 0 fully saturated rings. The second-order valence-corrected chi connectivity index (χ2v) is 9.05. The van der Waals surface area contributed by atoms with Crippen molar-refractivity contribution in [3.8, 4) is 11.3 Å². The van der Waals surface area contributed by atoms with Gasteiger partial charge in [0.05, 0.1) is 16.6 Å². The van der Waals surface area contributed by atoms with E-state index in [0.29, 0.717) is 11.1 Å². The predicted molar refractivity (Wildman–Crippen MR) is 139 cm³/mol. The molecular weight excluding hydrogens is 477 g/mol. The number of benzene rings is 2. The van der Waals surface area contributed by atoms with Gasteiger partial charge in [-0.25, -0.2) is 15.0 Å². The molecule has 1 amide bonds. The van der Waals surface area contributed by atoms with Crippen LogP contribution in [0.5, 0.6) is 0 Å². The van der Waals surface area contributed by atoms with Gasteiger partial charge in [0.2, 0.25) is 0 Å². The van der Waals surface area contributed by atoms with Gasteiger partial charge in [0.1, 0.15) is 11.6 Å². The van der Waals surface area contributed by atoms with Crippen molar-refractivity contribution in [1.82, 2.24) is 15.0 Å². The van der Waals surface area contributed by atoms with Gasteiger partial charge in [0.15, 0.2) is 5.65 Å². The van der Waals surface area contributed by atoms with Crippen LogP contribution in [-0.4, -0.2) is 20.9 Å². The number of unbranched alkanes of at least 4 members (excludes halogenated alkanes) is 4. The number of amides is 1. The number of halogens is 3. The van der Waals surface area contributed by atoms with Gasteiger partial charge >= 0.3 is 6.18 Å². The summed E-state index contributed by atoms with van der Waals surface area (Å²) >= 11 is 0. The molecule has 192 valence electrons. The smallest absolute Gasteiger partial charge is 0.306 e. The Morgan fingerprint density at radius 3 is 2.27 bits per heavy atom. The van der Waals surface area contributed by atoms with Gasteiger partial charge in [0, 0.05) is 11.1 Å². The lowest BCUT2D eigenvalue weighted by Gasteiger charge is -2.16. The van der Waals surface area contributed by atoms with Gasteiger partial charge < -0.3 is 5.32 Å². The fourth-order valence-electron chi connectivity index (χ4n) is 4.25. The van der Waals surface area contributed by atoms with Gasteiger partial charge in [-0.2, -0.15) is 13.2 Å². The molecule has 0 bridgehead atoms. The molecule has 0 radical (unpaired) electrons. The van der Waals surface area contributed by atoms with Gasteiger partial charge in [-0.15, -0.1) is 0 Å². The Bertz CT molecular complexity index is 1370. The van der Waals surface area contributed by atoms with Crippen LogP contribution in [0.25, 0.3) is 22.3 Å². The Balaban J connectivity index is 1.63. The monoisotopic (exact) mass is 506 g/mol. The molecule has 4 rings (SSSR count). The van der Waals surface area contributed by atoms with Crippen molar-refractivity contribution in [2.75, 3.05) is 5.32 Å². The lowest BCUT2D eigenvalue weighted by atomic mass is 10.0. The molecule has 2 aromatic carbocycles. The molecule has 0 aliphatic heterocycles. The summed E-state index contributed by atoms with van der Waals surface area (Å²) in [6.45, 7) is 3.73. The summed E-state index contributed by atoms with van der Waals surface area (Å²) in [5.74, 6) is -0.562. The molecule has 5 nitrogen and oxygen atoms in total. The number of fused-ring (bicyclic) bond motifs is 1. The average molecular weight is 507 g/mol. The number of carbonyl (C=O) groups excluding carboxylic acids is 1. The zero-order valence-corrected chi connectivity index (χ0v) is 20.9. The fourth-order valence-corrected chi connectivity index (χ4v) is 4.25. The van der Waals surface area contributed by atoms with Gasteiger partial charge in [-0.1, -0.05) is 75.1 Å². The van der Waals surface area contributed by atoms with E-state index in [9.17, 15) is 18.0 Å². The van der Waals surface area contributed by atoms with Gasteiger partial charge in [0.25, 0.3) is 5.91 Å². The molecular formula is C29H29F3N4O. The summed E-state index contributed by atoms with van der Waals surface area (Å²) in [6.07, 6.45) is 2.10. The number of hydrogen-bond donors (Lipinski definition) is 1. The number of nitrogens with one attached hydrogen (secondary N) is 1. The first-order chi connectivity index (χ1) is 17.8. The highest BCUT2D eigenvalue weighted by Crippen LogP contribution is 2.39. The summed E-state index contributed by atoms with van der Waals surface area (Å²) < 4.78 is 42.5. The first-order valence-corrected chi connectivity index (χ1v) is 12.5. The number of hydrogen-bond acceptors (Lipinski definition) is 4. The van der Waals surface area contributed by atoms with Crippen molar-refractivity contribution >= 4 is 22.8 Å². The summed E-state index contributed by atoms with van der Waals surface area (Å²) in [6, 6.07) is 16.7. The number of nitrogens with zero attached hydrogens (tertiary/aromatic N) is 3. The number of aromatic nitrogens is 3. The molecule has 0 unspecified atom stereocenters. The Morgan fingerprint density at radius 2 is 1.59 bits per heavy atom. The number of pyridine rings is 1. The van der Waals surface area contributed by atoms with E-state index in [-0.39, 0.29) is 28.4 Å². The Hall–Kier alpha value is -3.81. The van der Waals surface area contributed by atoms with E-state index in [1.165, 1.54) is 19.3 Å². The maximum atomic E-state index is 14.2. The Kier molecular flexibility index (Phi) is 8.16. The number of anilines is 1. The summed E-state index contributed by atoms with van der Waals surface area (Å²) in [7, 11) is 0. The van der Waals surface area contributed by atoms with E-state index < -0.39 is 17.6 Å². The maximum absolute atomic E-state index is 14.2. The van der Waals surface area contributed by atoms with Crippen molar-refractivity contribution in [3.05, 3.63) is 83.2 Å². The van der Waals surface area contributed by atoms with Crippen molar-refractivity contribution in [2.24, 2.45) is 0 Å². The zero-order chi connectivity index (χ0) is 26.4. The Labute approximate surface area is 214 Å². The summed E-state index contributed by atoms with van der Waals surface area (Å²) in [5.41, 5.74) is 1.04. The molecule has 1 N–H and O–H groups in total. The largest absolute Gasteiger partial charge is 0.417 e. The second kappa shape index (κ2) is 11.5. The molecule has 8 heteroatoms. The van der Waals surface area contributed by atoms with Crippen LogP contribution in [0, 0.1) is 6.92 Å². The van der Waals surface area contributed by atoms with E-state index in [2.05, 4.69) is 27.2 Å². The average Bonchev–Trinajstić information content (AvgIpc) is 2.88. The lowest BCUT2D eigenvalue weighted by molar-refractivity contribution is -0.136. The normalized spacial score (nSPS) is 11.6. The number of aryl methyl sites for hydroxylation is 2. The number of rotatable bonds is 9. The molecule has 0 aliphatic carbocycles. The van der Waals surface area contributed by atoms with E-state index in [4.69, 9.17) is 0 Å². The van der Waals surface area contributed by atoms with Gasteiger partial charge in [-0.3, -0.25) is 4.79 Å². The number of alkyl halides is 3. The highest BCUT2D eigenvalue weighted by atomic mass is 19.4. The quantitative estimate of drug-likeness (QED) is 0.235. The third-order valence-corrected chi connectivity index (χ3v) is 6.17.